The highest BCUT2D eigenvalue weighted by Crippen LogP contribution is 2.60. The molecule has 1 aromatic rings. The van der Waals surface area contributed by atoms with Crippen molar-refractivity contribution in [3.8, 4) is 0 Å². The monoisotopic (exact) mass is 230 g/mol. The topological polar surface area (TPSA) is 38.9 Å². The van der Waals surface area contributed by atoms with Crippen LogP contribution < -0.4 is 0 Å². The Bertz CT molecular complexity index is 427. The van der Waals surface area contributed by atoms with E-state index in [2.05, 4.69) is 16.7 Å². The van der Waals surface area contributed by atoms with Crippen LogP contribution in [0.5, 0.6) is 0 Å². The second-order valence-corrected chi connectivity index (χ2v) is 6.36. The molecule has 0 atom stereocenters. The molecule has 90 valence electrons. The lowest BCUT2D eigenvalue weighted by Crippen LogP contribution is -2.49. The van der Waals surface area contributed by atoms with E-state index in [1.165, 1.54) is 38.5 Å². The average Bonchev–Trinajstić information content (AvgIpc) is 2.76. The quantitative estimate of drug-likeness (QED) is 0.783. The zero-order valence-electron chi connectivity index (χ0n) is 10.1. The van der Waals surface area contributed by atoms with Gasteiger partial charge in [0.05, 0.1) is 0 Å². The number of aromatic nitrogens is 2. The van der Waals surface area contributed by atoms with E-state index in [1.54, 1.807) is 6.08 Å². The van der Waals surface area contributed by atoms with Crippen LogP contribution in [0.3, 0.4) is 0 Å². The summed E-state index contributed by atoms with van der Waals surface area (Å²) < 4.78 is 5.22. The Morgan fingerprint density at radius 2 is 1.71 bits per heavy atom. The first kappa shape index (κ1) is 9.86. The van der Waals surface area contributed by atoms with Crippen LogP contribution in [0.1, 0.15) is 50.2 Å². The summed E-state index contributed by atoms with van der Waals surface area (Å²) >= 11 is 0. The molecule has 4 aliphatic rings. The van der Waals surface area contributed by atoms with Crippen molar-refractivity contribution in [1.29, 1.82) is 0 Å². The van der Waals surface area contributed by atoms with Crippen LogP contribution >= 0.6 is 0 Å². The summed E-state index contributed by atoms with van der Waals surface area (Å²) in [6, 6.07) is 0. The molecule has 4 saturated carbocycles. The molecule has 3 nitrogen and oxygen atoms in total. The van der Waals surface area contributed by atoms with Gasteiger partial charge in [-0.15, -0.1) is 0 Å². The third-order valence-electron chi connectivity index (χ3n) is 5.13. The molecule has 0 saturated heterocycles. The molecule has 1 aromatic heterocycles. The van der Waals surface area contributed by atoms with Crippen LogP contribution in [-0.4, -0.2) is 10.1 Å². The van der Waals surface area contributed by atoms with Gasteiger partial charge in [-0.2, -0.15) is 4.98 Å². The Balaban J connectivity index is 1.74. The molecule has 0 amide bonds. The minimum Gasteiger partial charge on any atom is -0.335 e. The maximum Gasteiger partial charge on any atom is 0.250 e. The zero-order chi connectivity index (χ0) is 11.5. The van der Waals surface area contributed by atoms with E-state index in [0.717, 1.165) is 23.6 Å². The summed E-state index contributed by atoms with van der Waals surface area (Å²) in [4.78, 5) is 4.52. The minimum atomic E-state index is 0.250. The minimum absolute atomic E-state index is 0.250. The van der Waals surface area contributed by atoms with Gasteiger partial charge >= 0.3 is 0 Å². The number of nitrogens with zero attached hydrogens (tertiary/aromatic N) is 2. The molecule has 0 aliphatic heterocycles. The first-order valence-corrected chi connectivity index (χ1v) is 6.74. The molecule has 17 heavy (non-hydrogen) atoms. The fourth-order valence-electron chi connectivity index (χ4n) is 4.92. The second-order valence-electron chi connectivity index (χ2n) is 6.36. The van der Waals surface area contributed by atoms with Gasteiger partial charge in [0, 0.05) is 5.41 Å². The Morgan fingerprint density at radius 1 is 1.12 bits per heavy atom. The lowest BCUT2D eigenvalue weighted by molar-refractivity contribution is -0.0103. The van der Waals surface area contributed by atoms with Crippen molar-refractivity contribution in [2.24, 2.45) is 17.8 Å². The van der Waals surface area contributed by atoms with Gasteiger partial charge in [-0.1, -0.05) is 11.7 Å². The third-order valence-corrected chi connectivity index (χ3v) is 5.13. The summed E-state index contributed by atoms with van der Waals surface area (Å²) in [6.45, 7) is 3.69. The second kappa shape index (κ2) is 3.21. The van der Waals surface area contributed by atoms with Crippen LogP contribution in [-0.2, 0) is 5.41 Å². The highest BCUT2D eigenvalue weighted by molar-refractivity contribution is 5.33. The summed E-state index contributed by atoms with van der Waals surface area (Å²) in [5, 5.41) is 4.22. The lowest BCUT2D eigenvalue weighted by atomic mass is 9.49. The normalized spacial score (nSPS) is 42.9. The van der Waals surface area contributed by atoms with Crippen LogP contribution in [0.15, 0.2) is 11.1 Å². The van der Waals surface area contributed by atoms with Crippen molar-refractivity contribution < 1.29 is 4.52 Å². The van der Waals surface area contributed by atoms with Crippen molar-refractivity contribution in [3.63, 3.8) is 0 Å². The highest BCUT2D eigenvalue weighted by Gasteiger charge is 2.53. The number of hydrogen-bond acceptors (Lipinski definition) is 3. The number of hydrogen-bond donors (Lipinski definition) is 0. The fourth-order valence-corrected chi connectivity index (χ4v) is 4.92. The molecule has 1 heterocycles. The van der Waals surface area contributed by atoms with Crippen LogP contribution in [0.4, 0.5) is 0 Å². The number of rotatable bonds is 2. The predicted molar refractivity (Wildman–Crippen MR) is 64.2 cm³/mol. The molecule has 0 N–H and O–H groups in total. The molecule has 3 heteroatoms. The van der Waals surface area contributed by atoms with E-state index in [9.17, 15) is 0 Å². The lowest BCUT2D eigenvalue weighted by Gasteiger charge is -2.55. The Kier molecular flexibility index (Phi) is 1.86. The van der Waals surface area contributed by atoms with E-state index in [-0.39, 0.29) is 5.41 Å². The molecule has 4 aliphatic carbocycles. The SMILES string of the molecule is C=Cc1nc(C23CC4CC(CC(C4)C2)C3)no1. The van der Waals surface area contributed by atoms with Gasteiger partial charge in [0.25, 0.3) is 0 Å². The largest absolute Gasteiger partial charge is 0.335 e. The summed E-state index contributed by atoms with van der Waals surface area (Å²) in [5.41, 5.74) is 0.250. The average molecular weight is 230 g/mol. The van der Waals surface area contributed by atoms with Crippen molar-refractivity contribution >= 4 is 6.08 Å². The molecule has 5 rings (SSSR count). The summed E-state index contributed by atoms with van der Waals surface area (Å²) in [6.07, 6.45) is 9.86. The molecule has 0 unspecified atom stereocenters. The Morgan fingerprint density at radius 3 is 2.18 bits per heavy atom. The van der Waals surface area contributed by atoms with E-state index >= 15 is 0 Å². The molecule has 0 radical (unpaired) electrons. The van der Waals surface area contributed by atoms with E-state index < -0.39 is 0 Å². The molecule has 4 bridgehead atoms. The predicted octanol–water partition coefficient (Wildman–Crippen LogP) is 3.18. The first-order valence-electron chi connectivity index (χ1n) is 6.74. The third kappa shape index (κ3) is 1.34. The van der Waals surface area contributed by atoms with Gasteiger partial charge in [-0.3, -0.25) is 0 Å². The molecule has 0 spiro atoms. The van der Waals surface area contributed by atoms with E-state index in [1.807, 2.05) is 0 Å². The van der Waals surface area contributed by atoms with E-state index in [0.29, 0.717) is 5.89 Å². The molecule has 0 aromatic carbocycles. The summed E-state index contributed by atoms with van der Waals surface area (Å²) in [7, 11) is 0. The summed E-state index contributed by atoms with van der Waals surface area (Å²) in [5.74, 6) is 4.31. The van der Waals surface area contributed by atoms with Crippen LogP contribution in [0, 0.1) is 17.8 Å². The van der Waals surface area contributed by atoms with Crippen LogP contribution in [0.25, 0.3) is 6.08 Å². The molecular formula is C14H18N2O. The van der Waals surface area contributed by atoms with Gasteiger partial charge < -0.3 is 4.52 Å². The van der Waals surface area contributed by atoms with E-state index in [4.69, 9.17) is 4.52 Å². The van der Waals surface area contributed by atoms with Gasteiger partial charge in [0.15, 0.2) is 5.82 Å². The van der Waals surface area contributed by atoms with Crippen LogP contribution in [0.2, 0.25) is 0 Å². The van der Waals surface area contributed by atoms with Crippen molar-refractivity contribution in [3.05, 3.63) is 18.3 Å². The van der Waals surface area contributed by atoms with Gasteiger partial charge in [0.1, 0.15) is 0 Å². The highest BCUT2D eigenvalue weighted by atomic mass is 16.5. The van der Waals surface area contributed by atoms with Gasteiger partial charge in [-0.05, 0) is 62.4 Å². The Hall–Kier alpha value is -1.12. The standard InChI is InChI=1S/C14H18N2O/c1-2-12-15-13(16-17-12)14-6-9-3-10(7-14)5-11(4-9)8-14/h2,9-11H,1,3-8H2. The molecule has 4 fully saturated rings. The fraction of sp³-hybridized carbons (Fsp3) is 0.714. The van der Waals surface area contributed by atoms with Crippen molar-refractivity contribution in [2.75, 3.05) is 0 Å². The van der Waals surface area contributed by atoms with Crippen molar-refractivity contribution in [2.45, 2.75) is 43.9 Å². The Labute approximate surface area is 101 Å². The first-order chi connectivity index (χ1) is 8.27. The van der Waals surface area contributed by atoms with Crippen molar-refractivity contribution in [1.82, 2.24) is 10.1 Å². The molecular weight excluding hydrogens is 212 g/mol. The smallest absolute Gasteiger partial charge is 0.250 e. The maximum atomic E-state index is 5.22. The van der Waals surface area contributed by atoms with Gasteiger partial charge in [0.2, 0.25) is 5.89 Å². The zero-order valence-corrected chi connectivity index (χ0v) is 10.1. The maximum absolute atomic E-state index is 5.22. The van der Waals surface area contributed by atoms with Gasteiger partial charge in [-0.25, -0.2) is 0 Å².